The van der Waals surface area contributed by atoms with E-state index in [0.29, 0.717) is 0 Å². The van der Waals surface area contributed by atoms with Gasteiger partial charge in [0.05, 0.1) is 0 Å². The van der Waals surface area contributed by atoms with E-state index in [1.54, 1.807) is 20.8 Å². The summed E-state index contributed by atoms with van der Waals surface area (Å²) in [6.07, 6.45) is -2.10. The number of nitrogens with one attached hydrogen (secondary N) is 1. The van der Waals surface area contributed by atoms with Gasteiger partial charge < -0.3 is 24.6 Å². The van der Waals surface area contributed by atoms with Crippen LogP contribution in [0.1, 0.15) is 34.1 Å². The molecule has 0 spiro atoms. The van der Waals surface area contributed by atoms with Gasteiger partial charge >= 0.3 is 18.0 Å². The van der Waals surface area contributed by atoms with Crippen molar-refractivity contribution in [2.24, 2.45) is 0 Å². The Morgan fingerprint density at radius 3 is 2.30 bits per heavy atom. The van der Waals surface area contributed by atoms with Crippen LogP contribution in [0.5, 0.6) is 0 Å². The van der Waals surface area contributed by atoms with Crippen LogP contribution in [0.2, 0.25) is 0 Å². The highest BCUT2D eigenvalue weighted by atomic mass is 16.7. The van der Waals surface area contributed by atoms with Crippen LogP contribution >= 0.6 is 0 Å². The summed E-state index contributed by atoms with van der Waals surface area (Å²) < 4.78 is 13.8. The Bertz CT molecular complexity index is 348. The highest BCUT2D eigenvalue weighted by molar-refractivity contribution is 5.74. The van der Waals surface area contributed by atoms with E-state index in [1.807, 2.05) is 0 Å². The number of hydrogen-bond donors (Lipinski definition) is 2. The van der Waals surface area contributed by atoms with E-state index in [4.69, 9.17) is 4.74 Å². The summed E-state index contributed by atoms with van der Waals surface area (Å²) in [6.45, 7) is 5.80. The molecular weight excluding hydrogens is 270 g/mol. The van der Waals surface area contributed by atoms with Crippen molar-refractivity contribution >= 4 is 18.0 Å². The maximum atomic E-state index is 11.3. The molecule has 20 heavy (non-hydrogen) atoms. The number of aliphatic hydroxyl groups excluding tert-OH is 1. The lowest BCUT2D eigenvalue weighted by atomic mass is 10.2. The van der Waals surface area contributed by atoms with Crippen molar-refractivity contribution in [3.8, 4) is 0 Å². The zero-order chi connectivity index (χ0) is 15.8. The smallest absolute Gasteiger partial charge is 0.407 e. The average Bonchev–Trinajstić information content (AvgIpc) is 2.25. The van der Waals surface area contributed by atoms with Gasteiger partial charge in [-0.2, -0.15) is 0 Å². The molecule has 0 aliphatic rings. The Balaban J connectivity index is 3.81. The quantitative estimate of drug-likeness (QED) is 0.535. The Labute approximate surface area is 117 Å². The van der Waals surface area contributed by atoms with Gasteiger partial charge in [-0.25, -0.2) is 9.59 Å². The fourth-order valence-corrected chi connectivity index (χ4v) is 1.01. The van der Waals surface area contributed by atoms with Crippen molar-refractivity contribution < 1.29 is 33.7 Å². The standard InChI is InChI=1S/C12H21NO7/c1-8(14)18-7-19-10(16)9(15)5-6-13-11(17)20-12(2,3)4/h9,15H,5-7H2,1-4H3,(H,13,17). The Morgan fingerprint density at radius 2 is 1.80 bits per heavy atom. The molecule has 8 heteroatoms. The third kappa shape index (κ3) is 10.1. The summed E-state index contributed by atoms with van der Waals surface area (Å²) in [6, 6.07) is 0. The average molecular weight is 291 g/mol. The molecule has 0 fully saturated rings. The molecule has 0 radical (unpaired) electrons. The lowest BCUT2D eigenvalue weighted by Gasteiger charge is -2.19. The normalized spacial score (nSPS) is 12.2. The summed E-state index contributed by atoms with van der Waals surface area (Å²) in [5, 5.41) is 11.8. The highest BCUT2D eigenvalue weighted by Gasteiger charge is 2.19. The fourth-order valence-electron chi connectivity index (χ4n) is 1.01. The van der Waals surface area contributed by atoms with Crippen LogP contribution in [0, 0.1) is 0 Å². The summed E-state index contributed by atoms with van der Waals surface area (Å²) in [5.41, 5.74) is -0.619. The molecule has 0 heterocycles. The predicted octanol–water partition coefficient (Wildman–Crippen LogP) is 0.326. The van der Waals surface area contributed by atoms with Crippen LogP contribution in [0.4, 0.5) is 4.79 Å². The van der Waals surface area contributed by atoms with Gasteiger partial charge in [-0.3, -0.25) is 4.79 Å². The van der Waals surface area contributed by atoms with Crippen molar-refractivity contribution in [1.82, 2.24) is 5.32 Å². The zero-order valence-electron chi connectivity index (χ0n) is 12.1. The van der Waals surface area contributed by atoms with E-state index in [0.717, 1.165) is 6.92 Å². The molecule has 1 amide bonds. The minimum atomic E-state index is -1.42. The number of amides is 1. The third-order valence-corrected chi connectivity index (χ3v) is 1.82. The second-order valence-corrected chi connectivity index (χ2v) is 4.95. The minimum Gasteiger partial charge on any atom is -0.444 e. The number of rotatable bonds is 6. The molecule has 0 aromatic heterocycles. The first-order valence-corrected chi connectivity index (χ1v) is 6.06. The molecule has 0 bridgehead atoms. The molecule has 0 aromatic rings. The molecule has 8 nitrogen and oxygen atoms in total. The van der Waals surface area contributed by atoms with Crippen LogP contribution in [-0.2, 0) is 23.8 Å². The lowest BCUT2D eigenvalue weighted by molar-refractivity contribution is -0.172. The number of aliphatic hydroxyl groups is 1. The Morgan fingerprint density at radius 1 is 1.20 bits per heavy atom. The van der Waals surface area contributed by atoms with Gasteiger partial charge in [0.2, 0.25) is 6.79 Å². The maximum absolute atomic E-state index is 11.3. The summed E-state index contributed by atoms with van der Waals surface area (Å²) >= 11 is 0. The van der Waals surface area contributed by atoms with Gasteiger partial charge in [0, 0.05) is 19.9 Å². The van der Waals surface area contributed by atoms with Crippen LogP contribution < -0.4 is 5.32 Å². The minimum absolute atomic E-state index is 0.0404. The molecule has 2 N–H and O–H groups in total. The third-order valence-electron chi connectivity index (χ3n) is 1.82. The molecule has 0 aliphatic heterocycles. The summed E-state index contributed by atoms with van der Waals surface area (Å²) in [7, 11) is 0. The molecule has 1 unspecified atom stereocenters. The molecule has 0 rings (SSSR count). The van der Waals surface area contributed by atoms with Gasteiger partial charge in [-0.15, -0.1) is 0 Å². The molecule has 0 aromatic carbocycles. The van der Waals surface area contributed by atoms with Gasteiger partial charge in [0.25, 0.3) is 0 Å². The maximum Gasteiger partial charge on any atom is 0.407 e. The zero-order valence-corrected chi connectivity index (χ0v) is 12.1. The van der Waals surface area contributed by atoms with Crippen molar-refractivity contribution in [2.45, 2.75) is 45.8 Å². The van der Waals surface area contributed by atoms with E-state index >= 15 is 0 Å². The number of carbonyl (C=O) groups excluding carboxylic acids is 3. The second-order valence-electron chi connectivity index (χ2n) is 4.95. The molecule has 116 valence electrons. The van der Waals surface area contributed by atoms with Crippen molar-refractivity contribution in [1.29, 1.82) is 0 Å². The van der Waals surface area contributed by atoms with Crippen LogP contribution in [0.3, 0.4) is 0 Å². The number of alkyl carbamates (subject to hydrolysis) is 1. The molecule has 0 saturated heterocycles. The van der Waals surface area contributed by atoms with Gasteiger partial charge in [-0.1, -0.05) is 0 Å². The van der Waals surface area contributed by atoms with Gasteiger partial charge in [0.1, 0.15) is 5.60 Å². The number of hydrogen-bond acceptors (Lipinski definition) is 7. The van der Waals surface area contributed by atoms with Crippen molar-refractivity contribution in [2.75, 3.05) is 13.3 Å². The van der Waals surface area contributed by atoms with Crippen LogP contribution in [0.25, 0.3) is 0 Å². The first kappa shape index (κ1) is 18.2. The summed E-state index contributed by atoms with van der Waals surface area (Å²) in [4.78, 5) is 32.9. The van der Waals surface area contributed by atoms with E-state index < -0.39 is 36.5 Å². The fraction of sp³-hybridized carbons (Fsp3) is 0.750. The van der Waals surface area contributed by atoms with E-state index in [2.05, 4.69) is 14.8 Å². The van der Waals surface area contributed by atoms with Crippen LogP contribution in [0.15, 0.2) is 0 Å². The van der Waals surface area contributed by atoms with E-state index in [1.165, 1.54) is 0 Å². The van der Waals surface area contributed by atoms with Crippen LogP contribution in [-0.4, -0.2) is 48.2 Å². The van der Waals surface area contributed by atoms with E-state index in [-0.39, 0.29) is 13.0 Å². The molecule has 0 aliphatic carbocycles. The lowest BCUT2D eigenvalue weighted by Crippen LogP contribution is -2.35. The topological polar surface area (TPSA) is 111 Å². The Hall–Kier alpha value is -1.83. The first-order valence-electron chi connectivity index (χ1n) is 6.06. The van der Waals surface area contributed by atoms with Crippen molar-refractivity contribution in [3.05, 3.63) is 0 Å². The number of esters is 2. The summed E-state index contributed by atoms with van der Waals surface area (Å²) in [5.74, 6) is -1.53. The monoisotopic (exact) mass is 291 g/mol. The largest absolute Gasteiger partial charge is 0.444 e. The molecule has 0 saturated carbocycles. The first-order chi connectivity index (χ1) is 9.11. The predicted molar refractivity (Wildman–Crippen MR) is 67.6 cm³/mol. The second kappa shape index (κ2) is 8.36. The van der Waals surface area contributed by atoms with Gasteiger partial charge in [-0.05, 0) is 20.8 Å². The Kier molecular flexibility index (Phi) is 7.60. The van der Waals surface area contributed by atoms with E-state index in [9.17, 15) is 19.5 Å². The number of carbonyl (C=O) groups is 3. The van der Waals surface area contributed by atoms with Gasteiger partial charge in [0.15, 0.2) is 6.10 Å². The van der Waals surface area contributed by atoms with Crippen molar-refractivity contribution in [3.63, 3.8) is 0 Å². The highest BCUT2D eigenvalue weighted by Crippen LogP contribution is 2.06. The molecular formula is C12H21NO7. The SMILES string of the molecule is CC(=O)OCOC(=O)C(O)CCNC(=O)OC(C)(C)C. The number of ether oxygens (including phenoxy) is 3. The molecule has 1 atom stereocenters.